The monoisotopic (exact) mass is 274 g/mol. The van der Waals surface area contributed by atoms with E-state index in [4.69, 9.17) is 4.42 Å². The molecule has 0 N–H and O–H groups in total. The second-order valence-corrected chi connectivity index (χ2v) is 5.13. The minimum Gasteiger partial charge on any atom is -0.464 e. The Kier molecular flexibility index (Phi) is 2.64. The van der Waals surface area contributed by atoms with Crippen LogP contribution in [0.25, 0.3) is 28.2 Å². The van der Waals surface area contributed by atoms with Gasteiger partial charge in [0.05, 0.1) is 18.2 Å². The van der Waals surface area contributed by atoms with Gasteiger partial charge in [-0.3, -0.25) is 4.40 Å². The average Bonchev–Trinajstić information content (AvgIpc) is 3.17. The number of nitrogens with zero attached hydrogens (tertiary/aromatic N) is 2. The van der Waals surface area contributed by atoms with Gasteiger partial charge in [-0.05, 0) is 31.2 Å². The summed E-state index contributed by atoms with van der Waals surface area (Å²) in [6.45, 7) is 2.09. The summed E-state index contributed by atoms with van der Waals surface area (Å²) in [5.74, 6) is 0.859. The molecule has 0 fully saturated rings. The Morgan fingerprint density at radius 3 is 2.62 bits per heavy atom. The Hall–Kier alpha value is -2.81. The molecular formula is C18H14N2O. The van der Waals surface area contributed by atoms with E-state index in [0.717, 1.165) is 22.7 Å². The minimum absolute atomic E-state index is 0.859. The zero-order valence-corrected chi connectivity index (χ0v) is 11.7. The number of imidazole rings is 1. The summed E-state index contributed by atoms with van der Waals surface area (Å²) in [6, 6.07) is 16.4. The number of rotatable bonds is 2. The number of hydrogen-bond donors (Lipinski definition) is 0. The smallest absolute Gasteiger partial charge is 0.137 e. The first kappa shape index (κ1) is 12.0. The molecule has 0 amide bonds. The van der Waals surface area contributed by atoms with Crippen molar-refractivity contribution >= 4 is 5.65 Å². The molecule has 3 aromatic heterocycles. The topological polar surface area (TPSA) is 30.4 Å². The second-order valence-electron chi connectivity index (χ2n) is 5.13. The van der Waals surface area contributed by atoms with Crippen molar-refractivity contribution in [2.75, 3.05) is 0 Å². The van der Waals surface area contributed by atoms with Crippen LogP contribution in [-0.4, -0.2) is 9.38 Å². The van der Waals surface area contributed by atoms with Crippen molar-refractivity contribution in [2.45, 2.75) is 6.92 Å². The maximum absolute atomic E-state index is 5.44. The van der Waals surface area contributed by atoms with Gasteiger partial charge in [-0.2, -0.15) is 0 Å². The lowest BCUT2D eigenvalue weighted by Crippen LogP contribution is -1.88. The first-order valence-corrected chi connectivity index (χ1v) is 6.89. The van der Waals surface area contributed by atoms with Gasteiger partial charge < -0.3 is 4.42 Å². The fraction of sp³-hybridized carbons (Fsp3) is 0.0556. The van der Waals surface area contributed by atoms with Crippen LogP contribution in [-0.2, 0) is 0 Å². The van der Waals surface area contributed by atoms with E-state index < -0.39 is 0 Å². The van der Waals surface area contributed by atoms with Crippen LogP contribution < -0.4 is 0 Å². The molecule has 4 rings (SSSR count). The molecule has 0 atom stereocenters. The molecule has 1 aromatic carbocycles. The van der Waals surface area contributed by atoms with Gasteiger partial charge in [0.1, 0.15) is 11.4 Å². The Bertz CT molecular complexity index is 887. The summed E-state index contributed by atoms with van der Waals surface area (Å²) in [5, 5.41) is 0. The zero-order chi connectivity index (χ0) is 14.2. The Balaban J connectivity index is 1.84. The molecule has 0 saturated heterocycles. The van der Waals surface area contributed by atoms with Gasteiger partial charge in [0, 0.05) is 17.3 Å². The van der Waals surface area contributed by atoms with Crippen molar-refractivity contribution in [1.82, 2.24) is 9.38 Å². The number of benzene rings is 1. The SMILES string of the molecule is Cc1ccc(-c2cnc3cc(-c4ccco4)ccn23)cc1. The van der Waals surface area contributed by atoms with Crippen LogP contribution in [0.15, 0.2) is 71.6 Å². The third-order valence-electron chi connectivity index (χ3n) is 3.67. The number of hydrogen-bond acceptors (Lipinski definition) is 2. The average molecular weight is 274 g/mol. The Morgan fingerprint density at radius 2 is 1.86 bits per heavy atom. The molecule has 0 spiro atoms. The van der Waals surface area contributed by atoms with Gasteiger partial charge in [-0.1, -0.05) is 29.8 Å². The number of furan rings is 1. The molecule has 0 bridgehead atoms. The first-order valence-electron chi connectivity index (χ1n) is 6.89. The highest BCUT2D eigenvalue weighted by molar-refractivity contribution is 5.68. The van der Waals surface area contributed by atoms with Crippen LogP contribution in [0.1, 0.15) is 5.56 Å². The van der Waals surface area contributed by atoms with Crippen LogP contribution in [0, 0.1) is 6.92 Å². The molecule has 21 heavy (non-hydrogen) atoms. The summed E-state index contributed by atoms with van der Waals surface area (Å²) in [6.07, 6.45) is 5.63. The van der Waals surface area contributed by atoms with E-state index in [2.05, 4.69) is 40.6 Å². The van der Waals surface area contributed by atoms with E-state index in [1.54, 1.807) is 6.26 Å². The summed E-state index contributed by atoms with van der Waals surface area (Å²) < 4.78 is 7.53. The van der Waals surface area contributed by atoms with Crippen molar-refractivity contribution in [2.24, 2.45) is 0 Å². The fourth-order valence-electron chi connectivity index (χ4n) is 2.51. The number of pyridine rings is 1. The fourth-order valence-corrected chi connectivity index (χ4v) is 2.51. The third kappa shape index (κ3) is 2.03. The lowest BCUT2D eigenvalue weighted by molar-refractivity contribution is 0.582. The molecule has 0 aliphatic heterocycles. The molecule has 0 unspecified atom stereocenters. The molecule has 0 aliphatic carbocycles. The molecular weight excluding hydrogens is 260 g/mol. The van der Waals surface area contributed by atoms with E-state index >= 15 is 0 Å². The summed E-state index contributed by atoms with van der Waals surface area (Å²) in [7, 11) is 0. The predicted molar refractivity (Wildman–Crippen MR) is 83.1 cm³/mol. The van der Waals surface area contributed by atoms with Crippen molar-refractivity contribution < 1.29 is 4.42 Å². The van der Waals surface area contributed by atoms with E-state index in [0.29, 0.717) is 0 Å². The van der Waals surface area contributed by atoms with Crippen LogP contribution in [0.3, 0.4) is 0 Å². The molecule has 3 heterocycles. The molecule has 102 valence electrons. The summed E-state index contributed by atoms with van der Waals surface area (Å²) in [4.78, 5) is 4.51. The third-order valence-corrected chi connectivity index (χ3v) is 3.67. The van der Waals surface area contributed by atoms with Gasteiger partial charge in [0.25, 0.3) is 0 Å². The van der Waals surface area contributed by atoms with E-state index in [1.807, 2.05) is 36.7 Å². The maximum atomic E-state index is 5.44. The van der Waals surface area contributed by atoms with Crippen LogP contribution in [0.5, 0.6) is 0 Å². The highest BCUT2D eigenvalue weighted by Crippen LogP contribution is 2.25. The zero-order valence-electron chi connectivity index (χ0n) is 11.7. The molecule has 0 aliphatic rings. The van der Waals surface area contributed by atoms with Crippen molar-refractivity contribution in [3.63, 3.8) is 0 Å². The molecule has 0 saturated carbocycles. The normalized spacial score (nSPS) is 11.1. The van der Waals surface area contributed by atoms with E-state index in [-0.39, 0.29) is 0 Å². The number of fused-ring (bicyclic) bond motifs is 1. The highest BCUT2D eigenvalue weighted by Gasteiger charge is 2.08. The minimum atomic E-state index is 0.859. The lowest BCUT2D eigenvalue weighted by Gasteiger charge is -2.04. The number of aryl methyl sites for hydroxylation is 1. The maximum Gasteiger partial charge on any atom is 0.137 e. The molecule has 0 radical (unpaired) electrons. The summed E-state index contributed by atoms with van der Waals surface area (Å²) in [5.41, 5.74) is 5.47. The standard InChI is InChI=1S/C18H14N2O/c1-13-4-6-14(7-5-13)16-12-19-18-11-15(8-9-20(16)18)17-3-2-10-21-17/h2-12H,1H3. The first-order chi connectivity index (χ1) is 10.3. The predicted octanol–water partition coefficient (Wildman–Crippen LogP) is 4.57. The van der Waals surface area contributed by atoms with Gasteiger partial charge >= 0.3 is 0 Å². The van der Waals surface area contributed by atoms with E-state index in [1.165, 1.54) is 11.1 Å². The van der Waals surface area contributed by atoms with Gasteiger partial charge in [0.15, 0.2) is 0 Å². The Morgan fingerprint density at radius 1 is 1.00 bits per heavy atom. The summed E-state index contributed by atoms with van der Waals surface area (Å²) >= 11 is 0. The van der Waals surface area contributed by atoms with E-state index in [9.17, 15) is 0 Å². The van der Waals surface area contributed by atoms with Crippen LogP contribution in [0.4, 0.5) is 0 Å². The highest BCUT2D eigenvalue weighted by atomic mass is 16.3. The van der Waals surface area contributed by atoms with Gasteiger partial charge in [0.2, 0.25) is 0 Å². The largest absolute Gasteiger partial charge is 0.464 e. The van der Waals surface area contributed by atoms with Crippen molar-refractivity contribution in [1.29, 1.82) is 0 Å². The Labute approximate surface area is 122 Å². The molecule has 3 heteroatoms. The van der Waals surface area contributed by atoms with Crippen molar-refractivity contribution in [3.8, 4) is 22.6 Å². The van der Waals surface area contributed by atoms with Crippen LogP contribution >= 0.6 is 0 Å². The van der Waals surface area contributed by atoms with Gasteiger partial charge in [-0.25, -0.2) is 4.98 Å². The number of aromatic nitrogens is 2. The second kappa shape index (κ2) is 4.63. The van der Waals surface area contributed by atoms with Crippen molar-refractivity contribution in [3.05, 3.63) is 72.8 Å². The molecule has 4 aromatic rings. The quantitative estimate of drug-likeness (QED) is 0.536. The lowest BCUT2D eigenvalue weighted by atomic mass is 10.1. The molecule has 3 nitrogen and oxygen atoms in total. The van der Waals surface area contributed by atoms with Gasteiger partial charge in [-0.15, -0.1) is 0 Å². The van der Waals surface area contributed by atoms with Crippen LogP contribution in [0.2, 0.25) is 0 Å².